The number of benzene rings is 1. The Balaban J connectivity index is 1.69. The van der Waals surface area contributed by atoms with E-state index in [0.29, 0.717) is 12.2 Å². The average Bonchev–Trinajstić information content (AvgIpc) is 3.21. The van der Waals surface area contributed by atoms with E-state index in [-0.39, 0.29) is 24.2 Å². The molecule has 7 nitrogen and oxygen atoms in total. The van der Waals surface area contributed by atoms with Gasteiger partial charge in [-0.3, -0.25) is 14.9 Å². The van der Waals surface area contributed by atoms with Crippen LogP contribution in [0, 0.1) is 10.1 Å². The van der Waals surface area contributed by atoms with E-state index in [2.05, 4.69) is 5.32 Å². The van der Waals surface area contributed by atoms with Crippen LogP contribution in [-0.2, 0) is 11.8 Å². The van der Waals surface area contributed by atoms with Crippen LogP contribution in [0.5, 0.6) is 0 Å². The number of aryl methyl sites for hydroxylation is 1. The summed E-state index contributed by atoms with van der Waals surface area (Å²) in [6.45, 7) is 0.763. The topological polar surface area (TPSA) is 80.4 Å². The molecule has 0 saturated carbocycles. The number of hydrogen-bond acceptors (Lipinski definition) is 4. The van der Waals surface area contributed by atoms with Crippen molar-refractivity contribution in [1.82, 2.24) is 9.47 Å². The lowest BCUT2D eigenvalue weighted by Crippen LogP contribution is -2.35. The second-order valence-electron chi connectivity index (χ2n) is 5.92. The van der Waals surface area contributed by atoms with Gasteiger partial charge in [-0.1, -0.05) is 12.1 Å². The Labute approximate surface area is 140 Å². The van der Waals surface area contributed by atoms with Crippen molar-refractivity contribution in [2.45, 2.75) is 18.9 Å². The summed E-state index contributed by atoms with van der Waals surface area (Å²) < 4.78 is 2.03. The summed E-state index contributed by atoms with van der Waals surface area (Å²) in [6, 6.07) is 10.4. The fourth-order valence-electron chi connectivity index (χ4n) is 3.25. The van der Waals surface area contributed by atoms with Crippen LogP contribution >= 0.6 is 0 Å². The predicted octanol–water partition coefficient (Wildman–Crippen LogP) is 2.71. The Kier molecular flexibility index (Phi) is 4.50. The molecule has 0 spiro atoms. The number of amides is 1. The molecule has 1 amide bonds. The number of nitrogens with zero attached hydrogens (tertiary/aromatic N) is 3. The third kappa shape index (κ3) is 3.10. The largest absolute Gasteiger partial charge is 0.371 e. The van der Waals surface area contributed by atoms with Crippen molar-refractivity contribution in [2.24, 2.45) is 7.05 Å². The van der Waals surface area contributed by atoms with Gasteiger partial charge in [0.05, 0.1) is 17.5 Å². The Morgan fingerprint density at radius 1 is 1.33 bits per heavy atom. The molecule has 2 aromatic rings. The summed E-state index contributed by atoms with van der Waals surface area (Å²) >= 11 is 0. The minimum absolute atomic E-state index is 0.0225. The van der Waals surface area contributed by atoms with Gasteiger partial charge in [-0.2, -0.15) is 0 Å². The van der Waals surface area contributed by atoms with Crippen molar-refractivity contribution in [3.8, 4) is 0 Å². The molecule has 0 bridgehead atoms. The van der Waals surface area contributed by atoms with Crippen molar-refractivity contribution in [2.75, 3.05) is 18.4 Å². The second-order valence-corrected chi connectivity index (χ2v) is 5.92. The van der Waals surface area contributed by atoms with E-state index in [1.165, 1.54) is 6.07 Å². The van der Waals surface area contributed by atoms with Crippen molar-refractivity contribution >= 4 is 17.3 Å². The highest BCUT2D eigenvalue weighted by Gasteiger charge is 2.31. The van der Waals surface area contributed by atoms with Crippen LogP contribution in [0.15, 0.2) is 42.6 Å². The van der Waals surface area contributed by atoms with E-state index < -0.39 is 4.92 Å². The average molecular weight is 328 g/mol. The molecule has 1 N–H and O–H groups in total. The van der Waals surface area contributed by atoms with Crippen LogP contribution in [0.1, 0.15) is 24.6 Å². The Hall–Kier alpha value is -2.83. The molecule has 1 aromatic heterocycles. The molecule has 1 aromatic carbocycles. The maximum absolute atomic E-state index is 12.6. The summed E-state index contributed by atoms with van der Waals surface area (Å²) in [6.07, 6.45) is 3.88. The summed E-state index contributed by atoms with van der Waals surface area (Å²) in [5.74, 6) is -0.0446. The lowest BCUT2D eigenvalue weighted by molar-refractivity contribution is -0.383. The van der Waals surface area contributed by atoms with Crippen LogP contribution in [-0.4, -0.2) is 33.4 Å². The Morgan fingerprint density at radius 3 is 2.83 bits per heavy atom. The van der Waals surface area contributed by atoms with Gasteiger partial charge >= 0.3 is 0 Å². The molecule has 1 saturated heterocycles. The smallest absolute Gasteiger partial charge is 0.292 e. The van der Waals surface area contributed by atoms with E-state index in [9.17, 15) is 14.9 Å². The monoisotopic (exact) mass is 328 g/mol. The fraction of sp³-hybridized carbons (Fsp3) is 0.353. The SMILES string of the molecule is Cn1cccc1[C@@H]1CCCN1C(=O)CNc1ccccc1[N+](=O)[O-]. The molecule has 1 aliphatic heterocycles. The molecule has 1 atom stereocenters. The van der Waals surface area contributed by atoms with Crippen LogP contribution < -0.4 is 5.32 Å². The number of rotatable bonds is 5. The van der Waals surface area contributed by atoms with E-state index in [1.807, 2.05) is 34.8 Å². The number of likely N-dealkylation sites (tertiary alicyclic amines) is 1. The highest BCUT2D eigenvalue weighted by Crippen LogP contribution is 2.32. The molecule has 7 heteroatoms. The molecule has 0 aliphatic carbocycles. The number of hydrogen-bond donors (Lipinski definition) is 1. The highest BCUT2D eigenvalue weighted by atomic mass is 16.6. The third-order valence-corrected chi connectivity index (χ3v) is 4.43. The number of anilines is 1. The molecule has 126 valence electrons. The number of carbonyl (C=O) groups excluding carboxylic acids is 1. The lowest BCUT2D eigenvalue weighted by atomic mass is 10.1. The van der Waals surface area contributed by atoms with Gasteiger partial charge in [0, 0.05) is 31.5 Å². The normalized spacial score (nSPS) is 17.0. The van der Waals surface area contributed by atoms with Crippen LogP contribution in [0.4, 0.5) is 11.4 Å². The van der Waals surface area contributed by atoms with Gasteiger partial charge in [-0.15, -0.1) is 0 Å². The van der Waals surface area contributed by atoms with Crippen molar-refractivity contribution in [3.05, 3.63) is 58.4 Å². The summed E-state index contributed by atoms with van der Waals surface area (Å²) in [4.78, 5) is 25.0. The molecule has 2 heterocycles. The highest BCUT2D eigenvalue weighted by molar-refractivity contribution is 5.82. The number of carbonyl (C=O) groups is 1. The van der Waals surface area contributed by atoms with Gasteiger partial charge in [-0.05, 0) is 31.0 Å². The summed E-state index contributed by atoms with van der Waals surface area (Å²) in [5, 5.41) is 13.9. The molecule has 3 rings (SSSR count). The zero-order valence-electron chi connectivity index (χ0n) is 13.5. The fourth-order valence-corrected chi connectivity index (χ4v) is 3.25. The van der Waals surface area contributed by atoms with Crippen molar-refractivity contribution in [3.63, 3.8) is 0 Å². The number of nitro groups is 1. The Bertz CT molecular complexity index is 756. The quantitative estimate of drug-likeness (QED) is 0.676. The van der Waals surface area contributed by atoms with Gasteiger partial charge in [0.1, 0.15) is 5.69 Å². The number of nitro benzene ring substituents is 1. The third-order valence-electron chi connectivity index (χ3n) is 4.43. The van der Waals surface area contributed by atoms with E-state index in [4.69, 9.17) is 0 Å². The summed E-state index contributed by atoms with van der Waals surface area (Å²) in [7, 11) is 1.97. The molecule has 0 unspecified atom stereocenters. The van der Waals surface area contributed by atoms with E-state index >= 15 is 0 Å². The zero-order chi connectivity index (χ0) is 17.1. The predicted molar refractivity (Wildman–Crippen MR) is 90.7 cm³/mol. The van der Waals surface area contributed by atoms with E-state index in [0.717, 1.165) is 18.5 Å². The van der Waals surface area contributed by atoms with Crippen LogP contribution in [0.2, 0.25) is 0 Å². The minimum atomic E-state index is -0.449. The standard InChI is InChI=1S/C17H20N4O3/c1-19-10-4-8-15(19)16-9-5-11-20(16)17(22)12-18-13-6-2-3-7-14(13)21(23)24/h2-4,6-8,10,16,18H,5,9,11-12H2,1H3/t16-/m0/s1. The maximum atomic E-state index is 12.6. The first-order valence-electron chi connectivity index (χ1n) is 7.96. The lowest BCUT2D eigenvalue weighted by Gasteiger charge is -2.25. The molecule has 24 heavy (non-hydrogen) atoms. The number of aromatic nitrogens is 1. The van der Waals surface area contributed by atoms with Gasteiger partial charge < -0.3 is 14.8 Å². The maximum Gasteiger partial charge on any atom is 0.292 e. The van der Waals surface area contributed by atoms with Gasteiger partial charge in [-0.25, -0.2) is 0 Å². The summed E-state index contributed by atoms with van der Waals surface area (Å²) in [5.41, 5.74) is 1.46. The molecule has 1 fully saturated rings. The van der Waals surface area contributed by atoms with Gasteiger partial charge in [0.15, 0.2) is 0 Å². The first-order valence-corrected chi connectivity index (χ1v) is 7.96. The van der Waals surface area contributed by atoms with Crippen molar-refractivity contribution in [1.29, 1.82) is 0 Å². The zero-order valence-corrected chi connectivity index (χ0v) is 13.5. The van der Waals surface area contributed by atoms with E-state index in [1.54, 1.807) is 18.2 Å². The Morgan fingerprint density at radius 2 is 2.12 bits per heavy atom. The van der Waals surface area contributed by atoms with Crippen molar-refractivity contribution < 1.29 is 9.72 Å². The number of nitrogens with one attached hydrogen (secondary N) is 1. The van der Waals surface area contributed by atoms with Gasteiger partial charge in [0.2, 0.25) is 5.91 Å². The van der Waals surface area contributed by atoms with Gasteiger partial charge in [0.25, 0.3) is 5.69 Å². The minimum Gasteiger partial charge on any atom is -0.371 e. The molecule has 0 radical (unpaired) electrons. The molecular weight excluding hydrogens is 308 g/mol. The van der Waals surface area contributed by atoms with Crippen LogP contribution in [0.3, 0.4) is 0 Å². The first-order chi connectivity index (χ1) is 11.6. The number of para-hydroxylation sites is 2. The molecular formula is C17H20N4O3. The second kappa shape index (κ2) is 6.74. The molecule has 1 aliphatic rings. The van der Waals surface area contributed by atoms with Crippen LogP contribution in [0.25, 0.3) is 0 Å². The first kappa shape index (κ1) is 16.0.